The van der Waals surface area contributed by atoms with Crippen LogP contribution < -0.4 is 11.1 Å². The molecule has 0 aliphatic heterocycles. The highest BCUT2D eigenvalue weighted by atomic mass is 19.1. The maximum atomic E-state index is 13.9. The van der Waals surface area contributed by atoms with Crippen molar-refractivity contribution in [3.05, 3.63) is 35.8 Å². The number of hydrogen-bond donors (Lipinski definition) is 3. The van der Waals surface area contributed by atoms with Crippen molar-refractivity contribution in [2.45, 2.75) is 25.9 Å². The maximum Gasteiger partial charge on any atom is 0.322 e. The van der Waals surface area contributed by atoms with Gasteiger partial charge in [0.2, 0.25) is 0 Å². The van der Waals surface area contributed by atoms with Crippen molar-refractivity contribution in [3.63, 3.8) is 0 Å². The Kier molecular flexibility index (Phi) is 5.59. The molecule has 1 atom stereocenters. The van der Waals surface area contributed by atoms with E-state index in [1.807, 2.05) is 6.92 Å². The van der Waals surface area contributed by atoms with Crippen molar-refractivity contribution in [1.82, 2.24) is 20.3 Å². The zero-order chi connectivity index (χ0) is 17.7. The Bertz CT molecular complexity index is 746. The Hall–Kier alpha value is -2.81. The topological polar surface area (TPSA) is 123 Å². The summed E-state index contributed by atoms with van der Waals surface area (Å²) in [4.78, 5) is 22.8. The van der Waals surface area contributed by atoms with E-state index in [0.29, 0.717) is 17.8 Å². The molecule has 8 nitrogen and oxygen atoms in total. The summed E-state index contributed by atoms with van der Waals surface area (Å²) in [5, 5.41) is 18.8. The number of amides is 1. The Balaban J connectivity index is 2.23. The molecular weight excluding hydrogens is 317 g/mol. The summed E-state index contributed by atoms with van der Waals surface area (Å²) < 4.78 is 15.5. The van der Waals surface area contributed by atoms with Crippen LogP contribution in [0.4, 0.5) is 4.39 Å². The van der Waals surface area contributed by atoms with Gasteiger partial charge in [0.05, 0.1) is 11.9 Å². The summed E-state index contributed by atoms with van der Waals surface area (Å²) in [5.41, 5.74) is 6.44. The minimum absolute atomic E-state index is 0.0619. The van der Waals surface area contributed by atoms with Crippen LogP contribution in [0, 0.1) is 5.82 Å². The van der Waals surface area contributed by atoms with Crippen molar-refractivity contribution in [2.24, 2.45) is 5.73 Å². The van der Waals surface area contributed by atoms with Crippen LogP contribution in [0.15, 0.2) is 24.4 Å². The Labute approximate surface area is 137 Å². The summed E-state index contributed by atoms with van der Waals surface area (Å²) in [6, 6.07) is 2.62. The number of halogens is 1. The molecule has 1 aromatic carbocycles. The molecule has 0 aliphatic rings. The average Bonchev–Trinajstić information content (AvgIpc) is 3.00. The van der Waals surface area contributed by atoms with E-state index >= 15 is 0 Å². The number of rotatable bonds is 7. The fourth-order valence-electron chi connectivity index (χ4n) is 2.12. The molecule has 0 radical (unpaired) electrons. The van der Waals surface area contributed by atoms with E-state index in [1.54, 1.807) is 4.68 Å². The highest BCUT2D eigenvalue weighted by Crippen LogP contribution is 2.21. The largest absolute Gasteiger partial charge is 0.480 e. The Morgan fingerprint density at radius 2 is 2.17 bits per heavy atom. The number of benzene rings is 1. The summed E-state index contributed by atoms with van der Waals surface area (Å²) >= 11 is 0. The van der Waals surface area contributed by atoms with Gasteiger partial charge in [0.15, 0.2) is 0 Å². The first-order chi connectivity index (χ1) is 11.4. The Morgan fingerprint density at radius 3 is 2.83 bits per heavy atom. The predicted octanol–water partition coefficient (Wildman–Crippen LogP) is 0.636. The van der Waals surface area contributed by atoms with Crippen LogP contribution in [0.1, 0.15) is 23.7 Å². The molecule has 0 saturated carbocycles. The lowest BCUT2D eigenvalue weighted by molar-refractivity contribution is -0.138. The van der Waals surface area contributed by atoms with Gasteiger partial charge >= 0.3 is 5.97 Å². The van der Waals surface area contributed by atoms with Gasteiger partial charge in [-0.1, -0.05) is 12.1 Å². The van der Waals surface area contributed by atoms with Gasteiger partial charge in [-0.05, 0) is 24.6 Å². The molecule has 128 valence electrons. The van der Waals surface area contributed by atoms with Crippen molar-refractivity contribution in [3.8, 4) is 11.3 Å². The molecule has 0 saturated heterocycles. The molecule has 0 spiro atoms. The van der Waals surface area contributed by atoms with Gasteiger partial charge in [-0.2, -0.15) is 0 Å². The third-order valence-corrected chi connectivity index (χ3v) is 3.31. The summed E-state index contributed by atoms with van der Waals surface area (Å²) in [7, 11) is 0. The molecule has 1 aromatic heterocycles. The van der Waals surface area contributed by atoms with E-state index in [9.17, 15) is 14.0 Å². The van der Waals surface area contributed by atoms with Gasteiger partial charge in [0.1, 0.15) is 11.9 Å². The van der Waals surface area contributed by atoms with Crippen LogP contribution in [0.5, 0.6) is 0 Å². The second-order valence-corrected chi connectivity index (χ2v) is 5.23. The number of carboxylic acids is 1. The number of hydrogen-bond acceptors (Lipinski definition) is 5. The van der Waals surface area contributed by atoms with Gasteiger partial charge in [-0.25, -0.2) is 9.07 Å². The van der Waals surface area contributed by atoms with Gasteiger partial charge in [-0.15, -0.1) is 5.10 Å². The van der Waals surface area contributed by atoms with Gasteiger partial charge < -0.3 is 16.2 Å². The molecule has 0 aliphatic carbocycles. The molecule has 9 heteroatoms. The minimum atomic E-state index is -1.23. The lowest BCUT2D eigenvalue weighted by atomic mass is 10.1. The fourth-order valence-corrected chi connectivity index (χ4v) is 2.12. The van der Waals surface area contributed by atoms with Crippen LogP contribution in [0.2, 0.25) is 0 Å². The monoisotopic (exact) mass is 335 g/mol. The van der Waals surface area contributed by atoms with Crippen molar-refractivity contribution in [2.75, 3.05) is 6.54 Å². The van der Waals surface area contributed by atoms with E-state index in [0.717, 1.165) is 12.5 Å². The SMILES string of the molecule is CCCn1nncc1-c1cc(F)cc(C(=O)NC[C@@H](N)C(=O)O)c1. The number of carbonyl (C=O) groups is 2. The van der Waals surface area contributed by atoms with Crippen LogP contribution in [-0.2, 0) is 11.3 Å². The second kappa shape index (κ2) is 7.64. The smallest absolute Gasteiger partial charge is 0.322 e. The van der Waals surface area contributed by atoms with E-state index in [2.05, 4.69) is 15.6 Å². The third kappa shape index (κ3) is 4.13. The number of nitrogens with zero attached hydrogens (tertiary/aromatic N) is 3. The van der Waals surface area contributed by atoms with E-state index in [-0.39, 0.29) is 12.1 Å². The van der Waals surface area contributed by atoms with Crippen molar-refractivity contribution >= 4 is 11.9 Å². The molecule has 2 rings (SSSR count). The summed E-state index contributed by atoms with van der Waals surface area (Å²) in [5.74, 6) is -2.43. The zero-order valence-electron chi connectivity index (χ0n) is 13.1. The highest BCUT2D eigenvalue weighted by Gasteiger charge is 2.16. The average molecular weight is 335 g/mol. The molecular formula is C15H18FN5O3. The molecule has 0 bridgehead atoms. The normalized spacial score (nSPS) is 12.0. The Morgan fingerprint density at radius 1 is 1.42 bits per heavy atom. The number of carbonyl (C=O) groups excluding carboxylic acids is 1. The second-order valence-electron chi connectivity index (χ2n) is 5.23. The first-order valence-electron chi connectivity index (χ1n) is 7.38. The zero-order valence-corrected chi connectivity index (χ0v) is 13.1. The molecule has 24 heavy (non-hydrogen) atoms. The van der Waals surface area contributed by atoms with Crippen LogP contribution in [0.25, 0.3) is 11.3 Å². The highest BCUT2D eigenvalue weighted by molar-refractivity contribution is 5.95. The number of aryl methyl sites for hydroxylation is 1. The minimum Gasteiger partial charge on any atom is -0.480 e. The van der Waals surface area contributed by atoms with E-state index in [1.165, 1.54) is 18.3 Å². The van der Waals surface area contributed by atoms with Gasteiger partial charge in [-0.3, -0.25) is 9.59 Å². The molecule has 1 amide bonds. The molecule has 0 fully saturated rings. The quantitative estimate of drug-likeness (QED) is 0.682. The number of aliphatic carboxylic acids is 1. The lowest BCUT2D eigenvalue weighted by Crippen LogP contribution is -2.42. The maximum absolute atomic E-state index is 13.9. The number of nitrogens with one attached hydrogen (secondary N) is 1. The molecule has 0 unspecified atom stereocenters. The molecule has 4 N–H and O–H groups in total. The van der Waals surface area contributed by atoms with Gasteiger partial charge in [0.25, 0.3) is 5.91 Å². The van der Waals surface area contributed by atoms with Gasteiger partial charge in [0, 0.05) is 24.2 Å². The standard InChI is InChI=1S/C15H18FN5O3/c1-2-3-21-13(8-19-20-21)9-4-10(6-11(16)5-9)14(22)18-7-12(17)15(23)24/h4-6,8,12H,2-3,7,17H2,1H3,(H,18,22)(H,23,24)/t12-/m1/s1. The number of nitrogens with two attached hydrogens (primary N) is 1. The first-order valence-corrected chi connectivity index (χ1v) is 7.38. The molecule has 2 aromatic rings. The fraction of sp³-hybridized carbons (Fsp3) is 0.333. The lowest BCUT2D eigenvalue weighted by Gasteiger charge is -2.10. The number of carboxylic acid groups (broad SMARTS) is 1. The molecule has 1 heterocycles. The van der Waals surface area contributed by atoms with Crippen LogP contribution >= 0.6 is 0 Å². The van der Waals surface area contributed by atoms with Crippen LogP contribution in [-0.4, -0.2) is 44.6 Å². The third-order valence-electron chi connectivity index (χ3n) is 3.31. The number of aromatic nitrogens is 3. The van der Waals surface area contributed by atoms with E-state index in [4.69, 9.17) is 10.8 Å². The van der Waals surface area contributed by atoms with Crippen molar-refractivity contribution in [1.29, 1.82) is 0 Å². The van der Waals surface area contributed by atoms with E-state index < -0.39 is 23.7 Å². The first kappa shape index (κ1) is 17.5. The predicted molar refractivity (Wildman–Crippen MR) is 83.7 cm³/mol. The van der Waals surface area contributed by atoms with Crippen molar-refractivity contribution < 1.29 is 19.1 Å². The summed E-state index contributed by atoms with van der Waals surface area (Å²) in [6.45, 7) is 2.33. The summed E-state index contributed by atoms with van der Waals surface area (Å²) in [6.07, 6.45) is 2.32. The van der Waals surface area contributed by atoms with Crippen LogP contribution in [0.3, 0.4) is 0 Å².